The maximum Gasteiger partial charge on any atom is 0.115 e. The van der Waals surface area contributed by atoms with Crippen molar-refractivity contribution in [2.45, 2.75) is 18.9 Å². The Morgan fingerprint density at radius 2 is 1.45 bits per heavy atom. The molecule has 0 radical (unpaired) electrons. The van der Waals surface area contributed by atoms with Crippen LogP contribution in [-0.4, -0.2) is 5.11 Å². The van der Waals surface area contributed by atoms with E-state index < -0.39 is 5.60 Å². The van der Waals surface area contributed by atoms with E-state index in [4.69, 9.17) is 0 Å². The van der Waals surface area contributed by atoms with Gasteiger partial charge in [0.2, 0.25) is 0 Å². The van der Waals surface area contributed by atoms with Crippen LogP contribution in [0.3, 0.4) is 0 Å². The van der Waals surface area contributed by atoms with Crippen LogP contribution in [0.2, 0.25) is 0 Å². The first-order valence-corrected chi connectivity index (χ1v) is 7.02. The average Bonchev–Trinajstić information content (AvgIpc) is 2.54. The molecule has 0 heterocycles. The highest BCUT2D eigenvalue weighted by atomic mass is 16.3. The van der Waals surface area contributed by atoms with Crippen LogP contribution in [-0.2, 0) is 5.60 Å². The molecule has 0 aliphatic heterocycles. The fraction of sp³-hybridized carbons (Fsp3) is 0.158. The Hall–Kier alpha value is -2.12. The minimum atomic E-state index is -0.942. The first kappa shape index (κ1) is 12.9. The molecule has 1 N–H and O–H groups in total. The topological polar surface area (TPSA) is 20.2 Å². The summed E-state index contributed by atoms with van der Waals surface area (Å²) in [5.74, 6) is 0. The third-order valence-corrected chi connectivity index (χ3v) is 4.00. The fourth-order valence-electron chi connectivity index (χ4n) is 2.85. The van der Waals surface area contributed by atoms with Gasteiger partial charge in [-0.1, -0.05) is 79.7 Å². The van der Waals surface area contributed by atoms with E-state index in [0.29, 0.717) is 6.42 Å². The van der Waals surface area contributed by atoms with Crippen LogP contribution in [0, 0.1) is 0 Å². The molecule has 0 bridgehead atoms. The zero-order valence-corrected chi connectivity index (χ0v) is 11.6. The summed E-state index contributed by atoms with van der Waals surface area (Å²) < 4.78 is 0. The Morgan fingerprint density at radius 3 is 2.20 bits per heavy atom. The van der Waals surface area contributed by atoms with E-state index in [1.807, 2.05) is 61.5 Å². The van der Waals surface area contributed by atoms with Gasteiger partial charge in [0.05, 0.1) is 0 Å². The van der Waals surface area contributed by atoms with Crippen LogP contribution in [0.1, 0.15) is 24.5 Å². The smallest absolute Gasteiger partial charge is 0.115 e. The second-order valence-electron chi connectivity index (χ2n) is 5.11. The van der Waals surface area contributed by atoms with E-state index in [1.165, 1.54) is 0 Å². The molecule has 3 aromatic carbocycles. The number of fused-ring (bicyclic) bond motifs is 1. The van der Waals surface area contributed by atoms with Gasteiger partial charge in [-0.3, -0.25) is 0 Å². The number of hydrogen-bond donors (Lipinski definition) is 1. The Bertz CT molecular complexity index is 713. The zero-order valence-electron chi connectivity index (χ0n) is 11.6. The molecule has 0 saturated heterocycles. The maximum absolute atomic E-state index is 11.3. The number of hydrogen-bond acceptors (Lipinski definition) is 1. The number of rotatable bonds is 3. The molecular weight excluding hydrogens is 244 g/mol. The van der Waals surface area contributed by atoms with Crippen LogP contribution in [0.4, 0.5) is 0 Å². The van der Waals surface area contributed by atoms with Crippen LogP contribution < -0.4 is 0 Å². The van der Waals surface area contributed by atoms with Gasteiger partial charge in [-0.2, -0.15) is 0 Å². The summed E-state index contributed by atoms with van der Waals surface area (Å²) >= 11 is 0. The molecule has 0 fully saturated rings. The quantitative estimate of drug-likeness (QED) is 0.737. The van der Waals surface area contributed by atoms with Crippen molar-refractivity contribution in [1.29, 1.82) is 0 Å². The van der Waals surface area contributed by atoms with Gasteiger partial charge in [0.1, 0.15) is 5.60 Å². The Morgan fingerprint density at radius 1 is 0.800 bits per heavy atom. The van der Waals surface area contributed by atoms with Crippen molar-refractivity contribution in [1.82, 2.24) is 0 Å². The standard InChI is InChI=1S/C19H18O/c1-2-19(20,16-11-4-3-5-12-16)18-14-8-10-15-9-6-7-13-17(15)18/h3-14,20H,2H2,1H3. The van der Waals surface area contributed by atoms with Gasteiger partial charge in [0, 0.05) is 0 Å². The van der Waals surface area contributed by atoms with Crippen molar-refractivity contribution in [3.63, 3.8) is 0 Å². The molecule has 0 aliphatic carbocycles. The third kappa shape index (κ3) is 2.00. The minimum absolute atomic E-state index is 0.644. The highest BCUT2D eigenvalue weighted by molar-refractivity contribution is 5.86. The molecule has 0 aromatic heterocycles. The molecule has 1 unspecified atom stereocenters. The highest BCUT2D eigenvalue weighted by Crippen LogP contribution is 2.36. The molecule has 1 atom stereocenters. The Kier molecular flexibility index (Phi) is 3.29. The molecule has 20 heavy (non-hydrogen) atoms. The molecule has 0 amide bonds. The summed E-state index contributed by atoms with van der Waals surface area (Å²) in [4.78, 5) is 0. The highest BCUT2D eigenvalue weighted by Gasteiger charge is 2.30. The molecular formula is C19H18O. The molecule has 3 aromatic rings. The fourth-order valence-corrected chi connectivity index (χ4v) is 2.85. The summed E-state index contributed by atoms with van der Waals surface area (Å²) in [5.41, 5.74) is 0.977. The second-order valence-corrected chi connectivity index (χ2v) is 5.11. The van der Waals surface area contributed by atoms with Gasteiger partial charge < -0.3 is 5.11 Å². The lowest BCUT2D eigenvalue weighted by Gasteiger charge is -2.29. The van der Waals surface area contributed by atoms with Crippen LogP contribution in [0.5, 0.6) is 0 Å². The van der Waals surface area contributed by atoms with Gasteiger partial charge in [-0.15, -0.1) is 0 Å². The first-order chi connectivity index (χ1) is 9.75. The van der Waals surface area contributed by atoms with E-state index in [-0.39, 0.29) is 0 Å². The number of benzene rings is 3. The lowest BCUT2D eigenvalue weighted by atomic mass is 9.82. The van der Waals surface area contributed by atoms with E-state index in [0.717, 1.165) is 21.9 Å². The lowest BCUT2D eigenvalue weighted by molar-refractivity contribution is 0.0781. The predicted molar refractivity (Wildman–Crippen MR) is 83.7 cm³/mol. The van der Waals surface area contributed by atoms with Crippen molar-refractivity contribution in [2.24, 2.45) is 0 Å². The predicted octanol–water partition coefficient (Wildman–Crippen LogP) is 4.49. The SMILES string of the molecule is CCC(O)(c1ccccc1)c1cccc2ccccc12. The summed E-state index contributed by atoms with van der Waals surface area (Å²) in [6.07, 6.45) is 0.644. The van der Waals surface area contributed by atoms with Crippen LogP contribution >= 0.6 is 0 Å². The Labute approximate surface area is 119 Å². The number of aliphatic hydroxyl groups is 1. The average molecular weight is 262 g/mol. The maximum atomic E-state index is 11.3. The van der Waals surface area contributed by atoms with Crippen LogP contribution in [0.25, 0.3) is 10.8 Å². The van der Waals surface area contributed by atoms with Gasteiger partial charge in [0.25, 0.3) is 0 Å². The van der Waals surface area contributed by atoms with Crippen molar-refractivity contribution in [2.75, 3.05) is 0 Å². The van der Waals surface area contributed by atoms with Crippen molar-refractivity contribution in [3.8, 4) is 0 Å². The summed E-state index contributed by atoms with van der Waals surface area (Å²) in [5, 5.41) is 13.5. The molecule has 1 nitrogen and oxygen atoms in total. The normalized spacial score (nSPS) is 14.1. The van der Waals surface area contributed by atoms with E-state index in [1.54, 1.807) is 0 Å². The monoisotopic (exact) mass is 262 g/mol. The minimum Gasteiger partial charge on any atom is -0.380 e. The van der Waals surface area contributed by atoms with Gasteiger partial charge in [0.15, 0.2) is 0 Å². The van der Waals surface area contributed by atoms with Crippen molar-refractivity contribution in [3.05, 3.63) is 83.9 Å². The Balaban J connectivity index is 2.27. The van der Waals surface area contributed by atoms with E-state index in [9.17, 15) is 5.11 Å². The van der Waals surface area contributed by atoms with E-state index >= 15 is 0 Å². The summed E-state index contributed by atoms with van der Waals surface area (Å²) in [6.45, 7) is 2.02. The zero-order chi connectivity index (χ0) is 14.0. The van der Waals surface area contributed by atoms with Gasteiger partial charge in [-0.05, 0) is 28.3 Å². The summed E-state index contributed by atoms with van der Waals surface area (Å²) in [7, 11) is 0. The third-order valence-electron chi connectivity index (χ3n) is 4.00. The van der Waals surface area contributed by atoms with Crippen molar-refractivity contribution >= 4 is 10.8 Å². The lowest BCUT2D eigenvalue weighted by Crippen LogP contribution is -2.26. The molecule has 0 saturated carbocycles. The molecule has 3 rings (SSSR count). The van der Waals surface area contributed by atoms with Gasteiger partial charge in [-0.25, -0.2) is 0 Å². The molecule has 0 spiro atoms. The van der Waals surface area contributed by atoms with Gasteiger partial charge >= 0.3 is 0 Å². The largest absolute Gasteiger partial charge is 0.380 e. The van der Waals surface area contributed by atoms with Crippen molar-refractivity contribution < 1.29 is 5.11 Å². The first-order valence-electron chi connectivity index (χ1n) is 7.02. The molecule has 1 heteroatoms. The molecule has 100 valence electrons. The van der Waals surface area contributed by atoms with Crippen LogP contribution in [0.15, 0.2) is 72.8 Å². The van der Waals surface area contributed by atoms with E-state index in [2.05, 4.69) is 18.2 Å². The second kappa shape index (κ2) is 5.10. The summed E-state index contributed by atoms with van der Waals surface area (Å²) in [6, 6.07) is 24.2. The molecule has 0 aliphatic rings.